The van der Waals surface area contributed by atoms with Gasteiger partial charge in [0.25, 0.3) is 0 Å². The molecule has 0 aliphatic carbocycles. The number of esters is 1. The highest BCUT2D eigenvalue weighted by Gasteiger charge is 2.05. The number of hydrogen-bond acceptors (Lipinski definition) is 3. The fraction of sp³-hybridized carbons (Fsp3) is 0.357. The minimum atomic E-state index is -0.348. The van der Waals surface area contributed by atoms with Crippen molar-refractivity contribution in [2.24, 2.45) is 0 Å². The van der Waals surface area contributed by atoms with E-state index in [-0.39, 0.29) is 5.97 Å². The number of para-hydroxylation sites is 1. The summed E-state index contributed by atoms with van der Waals surface area (Å²) in [5.74, 6) is 0.500. The SMILES string of the molecule is C=C(C)C(=O)OCCc1ccccc1OCC. The average molecular weight is 234 g/mol. The van der Waals surface area contributed by atoms with Gasteiger partial charge < -0.3 is 9.47 Å². The second-order valence-corrected chi connectivity index (χ2v) is 3.71. The summed E-state index contributed by atoms with van der Waals surface area (Å²) < 4.78 is 10.5. The fourth-order valence-corrected chi connectivity index (χ4v) is 1.38. The lowest BCUT2D eigenvalue weighted by Gasteiger charge is -2.10. The van der Waals surface area contributed by atoms with Crippen LogP contribution in [0.15, 0.2) is 36.4 Å². The molecular formula is C14H18O3. The summed E-state index contributed by atoms with van der Waals surface area (Å²) in [4.78, 5) is 11.2. The van der Waals surface area contributed by atoms with E-state index in [4.69, 9.17) is 9.47 Å². The Morgan fingerprint density at radius 3 is 2.71 bits per heavy atom. The Morgan fingerprint density at radius 2 is 2.06 bits per heavy atom. The van der Waals surface area contributed by atoms with Crippen LogP contribution in [-0.4, -0.2) is 19.2 Å². The maximum absolute atomic E-state index is 11.2. The molecule has 0 saturated carbocycles. The Morgan fingerprint density at radius 1 is 1.35 bits per heavy atom. The number of ether oxygens (including phenoxy) is 2. The zero-order valence-electron chi connectivity index (χ0n) is 10.4. The number of benzene rings is 1. The average Bonchev–Trinajstić information content (AvgIpc) is 2.31. The van der Waals surface area contributed by atoms with Gasteiger partial charge in [0.2, 0.25) is 0 Å². The predicted octanol–water partition coefficient (Wildman–Crippen LogP) is 2.75. The molecule has 3 heteroatoms. The van der Waals surface area contributed by atoms with Crippen LogP contribution in [0.3, 0.4) is 0 Å². The molecule has 0 aliphatic heterocycles. The van der Waals surface area contributed by atoms with Crippen molar-refractivity contribution in [1.82, 2.24) is 0 Å². The first-order valence-electron chi connectivity index (χ1n) is 5.68. The molecule has 0 aromatic heterocycles. The van der Waals surface area contributed by atoms with Crippen LogP contribution in [0.4, 0.5) is 0 Å². The topological polar surface area (TPSA) is 35.5 Å². The summed E-state index contributed by atoms with van der Waals surface area (Å²) in [6.45, 7) is 8.08. The van der Waals surface area contributed by atoms with E-state index < -0.39 is 0 Å². The minimum Gasteiger partial charge on any atom is -0.494 e. The van der Waals surface area contributed by atoms with Gasteiger partial charge in [-0.1, -0.05) is 24.8 Å². The van der Waals surface area contributed by atoms with Crippen LogP contribution in [0, 0.1) is 0 Å². The van der Waals surface area contributed by atoms with E-state index in [1.807, 2.05) is 31.2 Å². The molecule has 0 heterocycles. The maximum atomic E-state index is 11.2. The van der Waals surface area contributed by atoms with Gasteiger partial charge >= 0.3 is 5.97 Å². The van der Waals surface area contributed by atoms with Crippen molar-refractivity contribution < 1.29 is 14.3 Å². The van der Waals surface area contributed by atoms with E-state index in [0.717, 1.165) is 11.3 Å². The Hall–Kier alpha value is -1.77. The van der Waals surface area contributed by atoms with Gasteiger partial charge in [-0.3, -0.25) is 0 Å². The highest BCUT2D eigenvalue weighted by molar-refractivity contribution is 5.86. The molecule has 0 fully saturated rings. The first-order chi connectivity index (χ1) is 8.15. The van der Waals surface area contributed by atoms with Gasteiger partial charge in [0.1, 0.15) is 5.75 Å². The van der Waals surface area contributed by atoms with Crippen molar-refractivity contribution in [2.75, 3.05) is 13.2 Å². The first kappa shape index (κ1) is 13.3. The monoisotopic (exact) mass is 234 g/mol. The second-order valence-electron chi connectivity index (χ2n) is 3.71. The quantitative estimate of drug-likeness (QED) is 0.561. The van der Waals surface area contributed by atoms with E-state index >= 15 is 0 Å². The molecule has 0 atom stereocenters. The smallest absolute Gasteiger partial charge is 0.333 e. The highest BCUT2D eigenvalue weighted by Crippen LogP contribution is 2.18. The van der Waals surface area contributed by atoms with E-state index in [1.54, 1.807) is 6.92 Å². The molecule has 0 bridgehead atoms. The number of carbonyl (C=O) groups excluding carboxylic acids is 1. The highest BCUT2D eigenvalue weighted by atomic mass is 16.5. The molecule has 3 nitrogen and oxygen atoms in total. The summed E-state index contributed by atoms with van der Waals surface area (Å²) in [6.07, 6.45) is 0.648. The molecule has 17 heavy (non-hydrogen) atoms. The third-order valence-electron chi connectivity index (χ3n) is 2.23. The van der Waals surface area contributed by atoms with Gasteiger partial charge in [-0.2, -0.15) is 0 Å². The van der Waals surface area contributed by atoms with Crippen molar-refractivity contribution in [1.29, 1.82) is 0 Å². The van der Waals surface area contributed by atoms with Gasteiger partial charge in [0.15, 0.2) is 0 Å². The summed E-state index contributed by atoms with van der Waals surface area (Å²) in [7, 11) is 0. The third kappa shape index (κ3) is 4.31. The molecule has 0 amide bonds. The minimum absolute atomic E-state index is 0.343. The van der Waals surface area contributed by atoms with Crippen LogP contribution >= 0.6 is 0 Å². The lowest BCUT2D eigenvalue weighted by atomic mass is 10.1. The summed E-state index contributed by atoms with van der Waals surface area (Å²) in [5.41, 5.74) is 1.46. The summed E-state index contributed by atoms with van der Waals surface area (Å²) in [6, 6.07) is 7.76. The van der Waals surface area contributed by atoms with Crippen molar-refractivity contribution in [2.45, 2.75) is 20.3 Å². The van der Waals surface area contributed by atoms with Crippen LogP contribution in [0.1, 0.15) is 19.4 Å². The zero-order chi connectivity index (χ0) is 12.7. The van der Waals surface area contributed by atoms with Crippen LogP contribution in [-0.2, 0) is 16.0 Å². The molecule has 92 valence electrons. The maximum Gasteiger partial charge on any atom is 0.333 e. The van der Waals surface area contributed by atoms with E-state index in [1.165, 1.54) is 0 Å². The lowest BCUT2D eigenvalue weighted by Crippen LogP contribution is -2.08. The van der Waals surface area contributed by atoms with Crippen LogP contribution in [0.5, 0.6) is 5.75 Å². The summed E-state index contributed by atoms with van der Waals surface area (Å²) >= 11 is 0. The van der Waals surface area contributed by atoms with E-state index in [2.05, 4.69) is 6.58 Å². The van der Waals surface area contributed by atoms with Crippen LogP contribution < -0.4 is 4.74 Å². The Kier molecular flexibility index (Phi) is 5.27. The van der Waals surface area contributed by atoms with E-state index in [0.29, 0.717) is 25.2 Å². The first-order valence-corrected chi connectivity index (χ1v) is 5.68. The van der Waals surface area contributed by atoms with Crippen molar-refractivity contribution >= 4 is 5.97 Å². The number of hydrogen-bond donors (Lipinski definition) is 0. The molecule has 0 saturated heterocycles. The summed E-state index contributed by atoms with van der Waals surface area (Å²) in [5, 5.41) is 0. The Labute approximate surface area is 102 Å². The molecule has 0 unspecified atom stereocenters. The van der Waals surface area contributed by atoms with Gasteiger partial charge in [0.05, 0.1) is 13.2 Å². The van der Waals surface area contributed by atoms with Crippen molar-refractivity contribution in [3.8, 4) is 5.75 Å². The third-order valence-corrected chi connectivity index (χ3v) is 2.23. The van der Waals surface area contributed by atoms with Gasteiger partial charge in [-0.05, 0) is 25.5 Å². The van der Waals surface area contributed by atoms with Crippen LogP contribution in [0.25, 0.3) is 0 Å². The normalized spacial score (nSPS) is 9.76. The number of rotatable bonds is 6. The predicted molar refractivity (Wildman–Crippen MR) is 67.1 cm³/mol. The zero-order valence-corrected chi connectivity index (χ0v) is 10.4. The van der Waals surface area contributed by atoms with Gasteiger partial charge in [0, 0.05) is 12.0 Å². The van der Waals surface area contributed by atoms with Crippen molar-refractivity contribution in [3.63, 3.8) is 0 Å². The molecule has 0 N–H and O–H groups in total. The van der Waals surface area contributed by atoms with Crippen molar-refractivity contribution in [3.05, 3.63) is 42.0 Å². The Bertz CT molecular complexity index is 396. The lowest BCUT2D eigenvalue weighted by molar-refractivity contribution is -0.138. The molecular weight excluding hydrogens is 216 g/mol. The largest absolute Gasteiger partial charge is 0.494 e. The molecule has 0 aliphatic rings. The van der Waals surface area contributed by atoms with E-state index in [9.17, 15) is 4.79 Å². The van der Waals surface area contributed by atoms with Gasteiger partial charge in [-0.15, -0.1) is 0 Å². The molecule has 0 radical (unpaired) electrons. The second kappa shape index (κ2) is 6.74. The molecule has 0 spiro atoms. The molecule has 1 aromatic carbocycles. The standard InChI is InChI=1S/C14H18O3/c1-4-16-13-8-6-5-7-12(13)9-10-17-14(15)11(2)3/h5-8H,2,4,9-10H2,1,3H3. The van der Waals surface area contributed by atoms with Gasteiger partial charge in [-0.25, -0.2) is 4.79 Å². The van der Waals surface area contributed by atoms with Crippen LogP contribution in [0.2, 0.25) is 0 Å². The molecule has 1 rings (SSSR count). The molecule has 1 aromatic rings. The fourth-order valence-electron chi connectivity index (χ4n) is 1.38. The number of carbonyl (C=O) groups is 1. The Balaban J connectivity index is 2.51.